The largest absolute Gasteiger partial charge is 0.484 e. The van der Waals surface area contributed by atoms with Crippen LogP contribution in [0.15, 0.2) is 18.2 Å². The van der Waals surface area contributed by atoms with Crippen LogP contribution in [0, 0.1) is 12.8 Å². The molecule has 3 heterocycles. The summed E-state index contributed by atoms with van der Waals surface area (Å²) >= 11 is 0. The van der Waals surface area contributed by atoms with Crippen molar-refractivity contribution in [2.45, 2.75) is 82.6 Å². The van der Waals surface area contributed by atoms with Gasteiger partial charge in [0.15, 0.2) is 9.84 Å². The average molecular weight is 489 g/mol. The maximum absolute atomic E-state index is 12.2. The van der Waals surface area contributed by atoms with E-state index in [9.17, 15) is 18.6 Å². The number of rotatable bonds is 5. The van der Waals surface area contributed by atoms with Crippen LogP contribution < -0.4 is 10.1 Å². The lowest BCUT2D eigenvalue weighted by Gasteiger charge is -2.48. The summed E-state index contributed by atoms with van der Waals surface area (Å²) in [7, 11) is -3.10. The fourth-order valence-corrected chi connectivity index (χ4v) is 7.61. The first kappa shape index (κ1) is 24.0. The quantitative estimate of drug-likeness (QED) is 0.592. The molecule has 0 radical (unpaired) electrons. The topological polar surface area (TPSA) is 109 Å². The molecule has 2 fully saturated rings. The molecular weight excluding hydrogens is 452 g/mol. The van der Waals surface area contributed by atoms with Gasteiger partial charge in [-0.3, -0.25) is 4.98 Å². The van der Waals surface area contributed by atoms with Crippen LogP contribution >= 0.6 is 0 Å². The van der Waals surface area contributed by atoms with Crippen LogP contribution in [0.3, 0.4) is 0 Å². The summed E-state index contributed by atoms with van der Waals surface area (Å²) in [4.78, 5) is 4.60. The van der Waals surface area contributed by atoms with Gasteiger partial charge >= 0.3 is 0 Å². The number of nitrogens with zero attached hydrogens (tertiary/aromatic N) is 1. The number of fused-ring (bicyclic) bond motifs is 2. The van der Waals surface area contributed by atoms with E-state index in [1.165, 1.54) is 32.1 Å². The number of benzene rings is 1. The number of aliphatic hydroxyl groups excluding tert-OH is 2. The van der Waals surface area contributed by atoms with Crippen LogP contribution in [-0.2, 0) is 16.4 Å². The number of hydrogen-bond donors (Lipinski definition) is 3. The van der Waals surface area contributed by atoms with Crippen molar-refractivity contribution in [3.05, 3.63) is 35.0 Å². The second-order valence-corrected chi connectivity index (χ2v) is 12.8. The molecule has 34 heavy (non-hydrogen) atoms. The molecule has 1 saturated heterocycles. The Kier molecular flexibility index (Phi) is 6.61. The number of nitrogens with one attached hydrogen (secondary N) is 1. The van der Waals surface area contributed by atoms with Crippen LogP contribution in [0.25, 0.3) is 10.9 Å². The number of aliphatic hydroxyl groups is 2. The molecule has 1 aromatic heterocycles. The van der Waals surface area contributed by atoms with Crippen molar-refractivity contribution in [1.29, 1.82) is 0 Å². The van der Waals surface area contributed by atoms with Gasteiger partial charge in [0.2, 0.25) is 0 Å². The van der Waals surface area contributed by atoms with Gasteiger partial charge in [-0.05, 0) is 49.6 Å². The van der Waals surface area contributed by atoms with Gasteiger partial charge in [0.25, 0.3) is 0 Å². The van der Waals surface area contributed by atoms with Crippen molar-refractivity contribution in [2.75, 3.05) is 18.1 Å². The van der Waals surface area contributed by atoms with E-state index in [1.54, 1.807) is 0 Å². The smallest absolute Gasteiger partial charge is 0.150 e. The molecule has 7 nitrogen and oxygen atoms in total. The zero-order valence-electron chi connectivity index (χ0n) is 19.9. The van der Waals surface area contributed by atoms with Crippen LogP contribution in [0.4, 0.5) is 0 Å². The summed E-state index contributed by atoms with van der Waals surface area (Å²) in [6.07, 6.45) is 7.26. The first-order valence-electron chi connectivity index (χ1n) is 12.7. The third-order valence-electron chi connectivity index (χ3n) is 8.18. The minimum absolute atomic E-state index is 0.0300. The molecule has 2 aromatic rings. The zero-order valence-corrected chi connectivity index (χ0v) is 20.7. The van der Waals surface area contributed by atoms with E-state index in [4.69, 9.17) is 4.74 Å². The summed E-state index contributed by atoms with van der Waals surface area (Å²) in [5.41, 5.74) is 2.30. The number of aromatic nitrogens is 1. The number of pyridine rings is 1. The minimum Gasteiger partial charge on any atom is -0.484 e. The number of aryl methyl sites for hydroxylation is 1. The molecule has 1 aliphatic carbocycles. The standard InChI is InChI=1S/C26H36N2O5S/c1-17-13-19(16-29)28-22-14-21-23(15-20(17)22)33-26(8-11-34(31,32)12-9-26)25(30)24(21)27-10-7-18-5-3-2-4-6-18/h13-15,18,24-25,27,29-30H,2-12,16H2,1H3. The van der Waals surface area contributed by atoms with Gasteiger partial charge < -0.3 is 20.3 Å². The van der Waals surface area contributed by atoms with Crippen molar-refractivity contribution in [1.82, 2.24) is 10.3 Å². The van der Waals surface area contributed by atoms with E-state index in [0.29, 0.717) is 11.4 Å². The first-order valence-corrected chi connectivity index (χ1v) is 14.5. The monoisotopic (exact) mass is 488 g/mol. The third kappa shape index (κ3) is 4.57. The highest BCUT2D eigenvalue weighted by atomic mass is 32.2. The summed E-state index contributed by atoms with van der Waals surface area (Å²) in [5.74, 6) is 1.47. The van der Waals surface area contributed by atoms with E-state index in [1.807, 2.05) is 25.1 Å². The molecule has 2 unspecified atom stereocenters. The van der Waals surface area contributed by atoms with E-state index >= 15 is 0 Å². The Balaban J connectivity index is 1.49. The zero-order chi connectivity index (χ0) is 23.9. The Morgan fingerprint density at radius 1 is 1.15 bits per heavy atom. The Morgan fingerprint density at radius 2 is 1.88 bits per heavy atom. The second-order valence-electron chi connectivity index (χ2n) is 10.5. The van der Waals surface area contributed by atoms with Crippen LogP contribution in [0.5, 0.6) is 5.75 Å². The van der Waals surface area contributed by atoms with Gasteiger partial charge in [0.1, 0.15) is 17.5 Å². The SMILES string of the molecule is Cc1cc(CO)nc2cc3c(cc12)OC1(CCS(=O)(=O)CC1)C(O)C3NCCC1CCCCC1. The first-order chi connectivity index (χ1) is 16.3. The van der Waals surface area contributed by atoms with E-state index < -0.39 is 21.5 Å². The van der Waals surface area contributed by atoms with Gasteiger partial charge in [0, 0.05) is 23.8 Å². The molecule has 0 bridgehead atoms. The molecule has 0 amide bonds. The van der Waals surface area contributed by atoms with Crippen molar-refractivity contribution < 1.29 is 23.4 Å². The highest BCUT2D eigenvalue weighted by Gasteiger charge is 2.52. The number of hydrogen-bond acceptors (Lipinski definition) is 7. The molecule has 1 aromatic carbocycles. The number of sulfone groups is 1. The van der Waals surface area contributed by atoms with Crippen molar-refractivity contribution in [3.8, 4) is 5.75 Å². The summed E-state index contributed by atoms with van der Waals surface area (Å²) in [5, 5.41) is 25.8. The Labute approximate surface area is 201 Å². The van der Waals surface area contributed by atoms with Crippen LogP contribution in [0.2, 0.25) is 0 Å². The highest BCUT2D eigenvalue weighted by molar-refractivity contribution is 7.91. The lowest BCUT2D eigenvalue weighted by atomic mass is 9.79. The Bertz CT molecular complexity index is 1150. The molecule has 3 aliphatic rings. The fourth-order valence-electron chi connectivity index (χ4n) is 6.09. The van der Waals surface area contributed by atoms with E-state index in [0.717, 1.165) is 40.9 Å². The summed E-state index contributed by atoms with van der Waals surface area (Å²) in [6.45, 7) is 2.64. The average Bonchev–Trinajstić information content (AvgIpc) is 2.83. The predicted molar refractivity (Wildman–Crippen MR) is 132 cm³/mol. The minimum atomic E-state index is -3.10. The van der Waals surface area contributed by atoms with Gasteiger partial charge in [-0.2, -0.15) is 0 Å². The van der Waals surface area contributed by atoms with Crippen molar-refractivity contribution in [3.63, 3.8) is 0 Å². The molecule has 3 N–H and O–H groups in total. The van der Waals surface area contributed by atoms with Crippen LogP contribution in [0.1, 0.15) is 74.2 Å². The van der Waals surface area contributed by atoms with Crippen molar-refractivity contribution >= 4 is 20.7 Å². The number of ether oxygens (including phenoxy) is 1. The van der Waals surface area contributed by atoms with Gasteiger partial charge in [-0.25, -0.2) is 8.42 Å². The molecule has 186 valence electrons. The molecule has 2 atom stereocenters. The molecule has 2 aliphatic heterocycles. The molecule has 5 rings (SSSR count). The fraction of sp³-hybridized carbons (Fsp3) is 0.654. The Morgan fingerprint density at radius 3 is 2.59 bits per heavy atom. The predicted octanol–water partition coefficient (Wildman–Crippen LogP) is 3.34. The summed E-state index contributed by atoms with van der Waals surface area (Å²) < 4.78 is 30.8. The van der Waals surface area contributed by atoms with E-state index in [-0.39, 0.29) is 37.0 Å². The Hall–Kier alpha value is -1.74. The maximum atomic E-state index is 12.2. The third-order valence-corrected chi connectivity index (χ3v) is 9.83. The highest BCUT2D eigenvalue weighted by Crippen LogP contribution is 2.46. The molecular formula is C26H36N2O5S. The molecule has 8 heteroatoms. The van der Waals surface area contributed by atoms with Crippen LogP contribution in [-0.4, -0.2) is 53.4 Å². The normalized spacial score (nSPS) is 26.3. The van der Waals surface area contributed by atoms with E-state index in [2.05, 4.69) is 10.3 Å². The van der Waals surface area contributed by atoms with Crippen molar-refractivity contribution in [2.24, 2.45) is 5.92 Å². The second kappa shape index (κ2) is 9.37. The summed E-state index contributed by atoms with van der Waals surface area (Å²) in [6, 6.07) is 5.44. The van der Waals surface area contributed by atoms with Gasteiger partial charge in [0.05, 0.1) is 35.4 Å². The van der Waals surface area contributed by atoms with Gasteiger partial charge in [-0.1, -0.05) is 32.1 Å². The lowest BCUT2D eigenvalue weighted by molar-refractivity contribution is -0.0930. The maximum Gasteiger partial charge on any atom is 0.150 e. The lowest BCUT2D eigenvalue weighted by Crippen LogP contribution is -2.59. The molecule has 1 saturated carbocycles. The van der Waals surface area contributed by atoms with Gasteiger partial charge in [-0.15, -0.1) is 0 Å². The molecule has 1 spiro atoms.